The van der Waals surface area contributed by atoms with Crippen molar-refractivity contribution in [3.05, 3.63) is 9.33 Å². The first-order chi connectivity index (χ1) is 5.29. The Morgan fingerprint density at radius 3 is 3.18 bits per heavy atom. The van der Waals surface area contributed by atoms with Crippen LogP contribution in [-0.4, -0.2) is 14.5 Å². The minimum Gasteiger partial charge on any atom is -0.380 e. The Bertz CT molecular complexity index is 357. The fraction of sp³-hybridized carbons (Fsp3) is 0. The van der Waals surface area contributed by atoms with Gasteiger partial charge in [-0.2, -0.15) is 0 Å². The van der Waals surface area contributed by atoms with Gasteiger partial charge in [-0.05, 0) is 20.7 Å². The number of nitrogens with zero attached hydrogens (tertiary/aromatic N) is 2. The fourth-order valence-corrected chi connectivity index (χ4v) is 3.00. The van der Waals surface area contributed by atoms with Crippen LogP contribution in [-0.2, 0) is 0 Å². The number of hydrogen-bond donors (Lipinski definition) is 1. The molecule has 0 aliphatic carbocycles. The zero-order chi connectivity index (χ0) is 7.84. The van der Waals surface area contributed by atoms with Gasteiger partial charge in [0.2, 0.25) is 3.77 Å². The van der Waals surface area contributed by atoms with Crippen LogP contribution in [0.5, 0.6) is 0 Å². The molecule has 0 amide bonds. The van der Waals surface area contributed by atoms with Gasteiger partial charge in [-0.15, -0.1) is 0 Å². The topological polar surface area (TPSA) is 64.4 Å². The van der Waals surface area contributed by atoms with Gasteiger partial charge >= 0.3 is 0 Å². The molecular formula is C5H3ClIN3O. The molecule has 1 aliphatic rings. The molecule has 0 spiro atoms. The van der Waals surface area contributed by atoms with E-state index in [1.807, 2.05) is 0 Å². The van der Waals surface area contributed by atoms with Crippen molar-refractivity contribution in [1.82, 2.24) is 5.16 Å². The van der Waals surface area contributed by atoms with Crippen molar-refractivity contribution in [2.24, 2.45) is 4.99 Å². The summed E-state index contributed by atoms with van der Waals surface area (Å²) in [5, 5.41) is 3.97. The quantitative estimate of drug-likeness (QED) is 0.727. The average molecular weight is 283 g/mol. The number of nitrogen functional groups attached to an aromatic ring is 1. The van der Waals surface area contributed by atoms with Gasteiger partial charge in [0.05, 0.1) is 4.14 Å². The van der Waals surface area contributed by atoms with Gasteiger partial charge in [0.15, 0.2) is 5.82 Å². The maximum Gasteiger partial charge on any atom is 0.204 e. The van der Waals surface area contributed by atoms with Crippen molar-refractivity contribution in [1.29, 1.82) is 0 Å². The molecule has 2 N–H and O–H groups in total. The highest BCUT2D eigenvalue weighted by molar-refractivity contribution is 14.2. The van der Waals surface area contributed by atoms with Gasteiger partial charge in [0.25, 0.3) is 0 Å². The van der Waals surface area contributed by atoms with Crippen molar-refractivity contribution in [2.75, 3.05) is 5.73 Å². The second-order valence-electron chi connectivity index (χ2n) is 1.84. The lowest BCUT2D eigenvalue weighted by Crippen LogP contribution is -2.00. The summed E-state index contributed by atoms with van der Waals surface area (Å²) in [6, 6.07) is 0. The normalized spacial score (nSPS) is 15.2. The number of nitrogens with two attached hydrogens (primary N) is 1. The summed E-state index contributed by atoms with van der Waals surface area (Å²) in [5.41, 5.74) is 6.17. The van der Waals surface area contributed by atoms with Crippen LogP contribution in [0.3, 0.4) is 0 Å². The lowest BCUT2D eigenvalue weighted by molar-refractivity contribution is 0.400. The van der Waals surface area contributed by atoms with Gasteiger partial charge < -0.3 is 10.3 Å². The van der Waals surface area contributed by atoms with Crippen LogP contribution in [0.15, 0.2) is 9.52 Å². The highest BCUT2D eigenvalue weighted by Crippen LogP contribution is 2.26. The third-order valence-electron chi connectivity index (χ3n) is 1.19. The molecule has 0 fully saturated rings. The fourth-order valence-electron chi connectivity index (χ4n) is 0.719. The number of hydrogen-bond acceptors (Lipinski definition) is 4. The van der Waals surface area contributed by atoms with Crippen molar-refractivity contribution in [3.63, 3.8) is 0 Å². The smallest absolute Gasteiger partial charge is 0.204 e. The molecule has 0 saturated carbocycles. The van der Waals surface area contributed by atoms with E-state index < -0.39 is 0 Å². The van der Waals surface area contributed by atoms with Crippen molar-refractivity contribution >= 4 is 47.5 Å². The number of rotatable bonds is 0. The van der Waals surface area contributed by atoms with Crippen LogP contribution in [0.25, 0.3) is 0 Å². The number of aromatic nitrogens is 1. The maximum atomic E-state index is 5.75. The Kier molecular flexibility index (Phi) is 1.68. The zero-order valence-corrected chi connectivity index (χ0v) is 8.13. The monoisotopic (exact) mass is 283 g/mol. The highest BCUT2D eigenvalue weighted by atomic mass is 127. The highest BCUT2D eigenvalue weighted by Gasteiger charge is 2.18. The van der Waals surface area contributed by atoms with Crippen LogP contribution >= 0.6 is 32.3 Å². The first kappa shape index (κ1) is 7.23. The van der Waals surface area contributed by atoms with Gasteiger partial charge in [-0.3, -0.25) is 0 Å². The van der Waals surface area contributed by atoms with Crippen LogP contribution < -0.4 is 5.73 Å². The van der Waals surface area contributed by atoms with Crippen LogP contribution in [0.1, 0.15) is 5.56 Å². The number of fused-ring (bicyclic) bond motifs is 1. The van der Waals surface area contributed by atoms with Gasteiger partial charge in [-0.25, -0.2) is 4.99 Å². The molecule has 0 saturated heterocycles. The lowest BCUT2D eigenvalue weighted by Gasteiger charge is -1.97. The lowest BCUT2D eigenvalue weighted by atomic mass is 10.4. The van der Waals surface area contributed by atoms with Crippen molar-refractivity contribution < 1.29 is 4.52 Å². The van der Waals surface area contributed by atoms with E-state index >= 15 is 0 Å². The summed E-state index contributed by atoms with van der Waals surface area (Å²) in [7, 11) is 0. The number of aliphatic imine (C=N–C) groups is 1. The van der Waals surface area contributed by atoms with E-state index in [1.165, 1.54) is 0 Å². The predicted octanol–water partition coefficient (Wildman–Crippen LogP) is 1.16. The Morgan fingerprint density at radius 1 is 1.64 bits per heavy atom. The summed E-state index contributed by atoms with van der Waals surface area (Å²) in [4.78, 5) is 3.93. The Morgan fingerprint density at radius 2 is 2.45 bits per heavy atom. The summed E-state index contributed by atoms with van der Waals surface area (Å²) in [6.07, 6.45) is 0. The Labute approximate surface area is 77.2 Å². The second kappa shape index (κ2) is 2.56. The molecule has 0 bridgehead atoms. The van der Waals surface area contributed by atoms with Crippen molar-refractivity contribution in [3.8, 4) is 0 Å². The summed E-state index contributed by atoms with van der Waals surface area (Å²) < 4.78 is 7.50. The summed E-state index contributed by atoms with van der Waals surface area (Å²) >= 11 is 5.43. The molecule has 1 aromatic heterocycles. The molecule has 6 heteroatoms. The number of halogens is 2. The minimum atomic E-state index is -0.317. The zero-order valence-electron chi connectivity index (χ0n) is 5.21. The van der Waals surface area contributed by atoms with Gasteiger partial charge in [0, 0.05) is 0 Å². The minimum absolute atomic E-state index is 0.317. The molecule has 4 nitrogen and oxygen atoms in total. The van der Waals surface area contributed by atoms with E-state index in [9.17, 15) is 0 Å². The van der Waals surface area contributed by atoms with Gasteiger partial charge in [-0.1, -0.05) is 16.8 Å². The van der Waals surface area contributed by atoms with E-state index in [2.05, 4.69) is 10.1 Å². The van der Waals surface area contributed by atoms with Gasteiger partial charge in [0.1, 0.15) is 10.7 Å². The molecule has 2 rings (SSSR count). The Hall–Kier alpha value is -0.430. The molecule has 1 aliphatic heterocycles. The SMILES string of the molecule is Nc1noc2c1C(Cl)=NC=I2. The molecular weight excluding hydrogens is 280 g/mol. The van der Waals surface area contributed by atoms with Crippen LogP contribution in [0.4, 0.5) is 5.82 Å². The Balaban J connectivity index is 2.71. The standard InChI is InChI=1S/C5H3ClIN3O/c6-3-2-4(7-1-9-3)11-10-5(2)8/h1H,(H2,8,10). The molecule has 11 heavy (non-hydrogen) atoms. The third-order valence-corrected chi connectivity index (χ3v) is 3.34. The molecule has 2 heterocycles. The largest absolute Gasteiger partial charge is 0.380 e. The predicted molar refractivity (Wildman–Crippen MR) is 52.1 cm³/mol. The maximum absolute atomic E-state index is 5.75. The second-order valence-corrected chi connectivity index (χ2v) is 4.36. The van der Waals surface area contributed by atoms with E-state index in [1.54, 1.807) is 4.14 Å². The molecule has 58 valence electrons. The van der Waals surface area contributed by atoms with Crippen LogP contribution in [0, 0.1) is 3.77 Å². The summed E-state index contributed by atoms with van der Waals surface area (Å²) in [5.74, 6) is 0.335. The van der Waals surface area contributed by atoms with E-state index in [-0.39, 0.29) is 20.7 Å². The molecule has 0 aromatic carbocycles. The molecule has 0 radical (unpaired) electrons. The van der Waals surface area contributed by atoms with E-state index in [4.69, 9.17) is 21.9 Å². The van der Waals surface area contributed by atoms with E-state index in [0.717, 1.165) is 3.77 Å². The molecule has 1 aromatic rings. The average Bonchev–Trinajstić information content (AvgIpc) is 2.34. The molecule has 0 atom stereocenters. The van der Waals surface area contributed by atoms with Crippen LogP contribution in [0.2, 0.25) is 0 Å². The van der Waals surface area contributed by atoms with E-state index in [0.29, 0.717) is 16.6 Å². The first-order valence-electron chi connectivity index (χ1n) is 2.73. The molecule has 0 unspecified atom stereocenters. The van der Waals surface area contributed by atoms with Crippen molar-refractivity contribution in [2.45, 2.75) is 0 Å². The third kappa shape index (κ3) is 1.08. The first-order valence-corrected chi connectivity index (χ1v) is 5.43. The summed E-state index contributed by atoms with van der Waals surface area (Å²) in [6.45, 7) is 0. The number of anilines is 1.